The highest BCUT2D eigenvalue weighted by Crippen LogP contribution is 2.07. The SMILES string of the molecule is COCCCNC(=O)COC(=O)Cc1cccc(N)c1. The third kappa shape index (κ3) is 6.75. The molecule has 110 valence electrons. The van der Waals surface area contributed by atoms with E-state index in [4.69, 9.17) is 15.2 Å². The maximum Gasteiger partial charge on any atom is 0.310 e. The number of nitrogens with one attached hydrogen (secondary N) is 1. The molecule has 0 saturated heterocycles. The Labute approximate surface area is 118 Å². The average molecular weight is 280 g/mol. The van der Waals surface area contributed by atoms with Crippen LogP contribution in [0.4, 0.5) is 5.69 Å². The Kier molecular flexibility index (Phi) is 7.13. The van der Waals surface area contributed by atoms with Crippen LogP contribution in [0.3, 0.4) is 0 Å². The number of carbonyl (C=O) groups is 2. The fourth-order valence-electron chi connectivity index (χ4n) is 1.56. The van der Waals surface area contributed by atoms with Gasteiger partial charge in [0.15, 0.2) is 6.61 Å². The lowest BCUT2D eigenvalue weighted by Crippen LogP contribution is -2.30. The van der Waals surface area contributed by atoms with Crippen molar-refractivity contribution in [3.8, 4) is 0 Å². The molecule has 6 nitrogen and oxygen atoms in total. The first-order valence-electron chi connectivity index (χ1n) is 6.37. The Hall–Kier alpha value is -2.08. The molecular formula is C14H20N2O4. The van der Waals surface area contributed by atoms with Crippen molar-refractivity contribution in [1.82, 2.24) is 5.32 Å². The predicted octanol–water partition coefficient (Wildman–Crippen LogP) is 0.507. The Bertz CT molecular complexity index is 449. The van der Waals surface area contributed by atoms with E-state index in [2.05, 4.69) is 5.32 Å². The number of amides is 1. The van der Waals surface area contributed by atoms with Gasteiger partial charge >= 0.3 is 5.97 Å². The van der Waals surface area contributed by atoms with Gasteiger partial charge in [-0.3, -0.25) is 9.59 Å². The van der Waals surface area contributed by atoms with E-state index in [0.29, 0.717) is 18.8 Å². The number of benzene rings is 1. The molecule has 0 radical (unpaired) electrons. The van der Waals surface area contributed by atoms with Crippen LogP contribution in [0.5, 0.6) is 0 Å². The van der Waals surface area contributed by atoms with Gasteiger partial charge in [-0.25, -0.2) is 0 Å². The molecule has 1 aromatic rings. The Morgan fingerprint density at radius 1 is 1.35 bits per heavy atom. The summed E-state index contributed by atoms with van der Waals surface area (Å²) >= 11 is 0. The second-order valence-electron chi connectivity index (χ2n) is 4.28. The second kappa shape index (κ2) is 8.92. The van der Waals surface area contributed by atoms with E-state index in [-0.39, 0.29) is 18.9 Å². The molecule has 0 bridgehead atoms. The fourth-order valence-corrected chi connectivity index (χ4v) is 1.56. The lowest BCUT2D eigenvalue weighted by molar-refractivity contribution is -0.147. The van der Waals surface area contributed by atoms with Crippen LogP contribution in [-0.4, -0.2) is 38.7 Å². The van der Waals surface area contributed by atoms with Crippen molar-refractivity contribution in [2.45, 2.75) is 12.8 Å². The van der Waals surface area contributed by atoms with Crippen LogP contribution in [-0.2, 0) is 25.5 Å². The number of ether oxygens (including phenoxy) is 2. The minimum atomic E-state index is -0.456. The summed E-state index contributed by atoms with van der Waals surface area (Å²) in [5.74, 6) is -0.773. The normalized spacial score (nSPS) is 10.1. The summed E-state index contributed by atoms with van der Waals surface area (Å²) in [6.07, 6.45) is 0.821. The van der Waals surface area contributed by atoms with Gasteiger partial charge in [-0.15, -0.1) is 0 Å². The zero-order chi connectivity index (χ0) is 14.8. The molecule has 3 N–H and O–H groups in total. The summed E-state index contributed by atoms with van der Waals surface area (Å²) in [5.41, 5.74) is 6.96. The van der Waals surface area contributed by atoms with Gasteiger partial charge in [-0.2, -0.15) is 0 Å². The number of nitrogens with two attached hydrogens (primary N) is 1. The Morgan fingerprint density at radius 3 is 2.85 bits per heavy atom. The minimum Gasteiger partial charge on any atom is -0.455 e. The second-order valence-corrected chi connectivity index (χ2v) is 4.28. The molecule has 0 aliphatic rings. The number of anilines is 1. The first-order chi connectivity index (χ1) is 9.61. The van der Waals surface area contributed by atoms with E-state index < -0.39 is 5.97 Å². The van der Waals surface area contributed by atoms with Crippen LogP contribution < -0.4 is 11.1 Å². The summed E-state index contributed by atoms with van der Waals surface area (Å²) in [6.45, 7) is 0.809. The summed E-state index contributed by atoms with van der Waals surface area (Å²) in [4.78, 5) is 22.9. The Balaban J connectivity index is 2.21. The van der Waals surface area contributed by atoms with Crippen LogP contribution in [0.25, 0.3) is 0 Å². The topological polar surface area (TPSA) is 90.6 Å². The molecule has 6 heteroatoms. The highest BCUT2D eigenvalue weighted by Gasteiger charge is 2.08. The lowest BCUT2D eigenvalue weighted by Gasteiger charge is -2.06. The summed E-state index contributed by atoms with van der Waals surface area (Å²) in [6, 6.07) is 6.98. The van der Waals surface area contributed by atoms with Gasteiger partial charge in [0.25, 0.3) is 5.91 Å². The van der Waals surface area contributed by atoms with Crippen LogP contribution in [0, 0.1) is 0 Å². The zero-order valence-electron chi connectivity index (χ0n) is 11.6. The van der Waals surface area contributed by atoms with Gasteiger partial charge in [-0.05, 0) is 24.1 Å². The van der Waals surface area contributed by atoms with E-state index in [0.717, 1.165) is 12.0 Å². The maximum atomic E-state index is 11.5. The van der Waals surface area contributed by atoms with Crippen molar-refractivity contribution < 1.29 is 19.1 Å². The smallest absolute Gasteiger partial charge is 0.310 e. The molecule has 20 heavy (non-hydrogen) atoms. The van der Waals surface area contributed by atoms with Crippen molar-refractivity contribution in [3.05, 3.63) is 29.8 Å². The predicted molar refractivity (Wildman–Crippen MR) is 75.0 cm³/mol. The van der Waals surface area contributed by atoms with Crippen molar-refractivity contribution in [3.63, 3.8) is 0 Å². The average Bonchev–Trinajstić information content (AvgIpc) is 2.41. The number of nitrogen functional groups attached to an aromatic ring is 1. The first-order valence-corrected chi connectivity index (χ1v) is 6.37. The van der Waals surface area contributed by atoms with Crippen LogP contribution in [0.1, 0.15) is 12.0 Å². The number of hydrogen-bond acceptors (Lipinski definition) is 5. The molecule has 0 heterocycles. The Morgan fingerprint density at radius 2 is 2.15 bits per heavy atom. The van der Waals surface area contributed by atoms with Crippen molar-refractivity contribution in [1.29, 1.82) is 0 Å². The standard InChI is InChI=1S/C14H20N2O4/c1-19-7-3-6-16-13(17)10-20-14(18)9-11-4-2-5-12(15)8-11/h2,4-5,8H,3,6-7,9-10,15H2,1H3,(H,16,17). The van der Waals surface area contributed by atoms with Crippen LogP contribution in [0.15, 0.2) is 24.3 Å². The van der Waals surface area contributed by atoms with Gasteiger partial charge in [0, 0.05) is 25.9 Å². The number of hydrogen-bond donors (Lipinski definition) is 2. The molecule has 0 atom stereocenters. The van der Waals surface area contributed by atoms with Crippen LogP contribution >= 0.6 is 0 Å². The molecule has 1 rings (SSSR count). The minimum absolute atomic E-state index is 0.0992. The quantitative estimate of drug-likeness (QED) is 0.411. The van der Waals surface area contributed by atoms with Crippen molar-refractivity contribution in [2.24, 2.45) is 0 Å². The zero-order valence-corrected chi connectivity index (χ0v) is 11.6. The highest BCUT2D eigenvalue weighted by atomic mass is 16.5. The monoisotopic (exact) mass is 280 g/mol. The van der Waals surface area contributed by atoms with E-state index in [1.165, 1.54) is 0 Å². The summed E-state index contributed by atoms with van der Waals surface area (Å²) in [7, 11) is 1.60. The molecule has 1 aromatic carbocycles. The van der Waals surface area contributed by atoms with Gasteiger partial charge in [0.2, 0.25) is 0 Å². The van der Waals surface area contributed by atoms with Gasteiger partial charge in [-0.1, -0.05) is 12.1 Å². The largest absolute Gasteiger partial charge is 0.455 e. The van der Waals surface area contributed by atoms with E-state index in [1.54, 1.807) is 31.4 Å². The molecule has 0 aliphatic heterocycles. The fraction of sp³-hybridized carbons (Fsp3) is 0.429. The molecule has 1 amide bonds. The number of carbonyl (C=O) groups excluding carboxylic acids is 2. The molecule has 0 saturated carbocycles. The van der Waals surface area contributed by atoms with Crippen molar-refractivity contribution >= 4 is 17.6 Å². The van der Waals surface area contributed by atoms with E-state index in [9.17, 15) is 9.59 Å². The number of methoxy groups -OCH3 is 1. The molecule has 0 aliphatic carbocycles. The van der Waals surface area contributed by atoms with Gasteiger partial charge < -0.3 is 20.5 Å². The van der Waals surface area contributed by atoms with Gasteiger partial charge in [0.05, 0.1) is 6.42 Å². The summed E-state index contributed by atoms with van der Waals surface area (Å²) < 4.78 is 9.73. The van der Waals surface area contributed by atoms with Gasteiger partial charge in [0.1, 0.15) is 0 Å². The third-order valence-electron chi connectivity index (χ3n) is 2.51. The third-order valence-corrected chi connectivity index (χ3v) is 2.51. The molecule has 0 aromatic heterocycles. The first kappa shape index (κ1) is 16.0. The van der Waals surface area contributed by atoms with Crippen LogP contribution in [0.2, 0.25) is 0 Å². The van der Waals surface area contributed by atoms with Crippen molar-refractivity contribution in [2.75, 3.05) is 32.6 Å². The summed E-state index contributed by atoms with van der Waals surface area (Å²) in [5, 5.41) is 2.63. The number of rotatable bonds is 8. The highest BCUT2D eigenvalue weighted by molar-refractivity contribution is 5.81. The number of esters is 1. The molecule has 0 fully saturated rings. The maximum absolute atomic E-state index is 11.5. The van der Waals surface area contributed by atoms with E-state index >= 15 is 0 Å². The molecule has 0 unspecified atom stereocenters. The molecule has 0 spiro atoms. The molecular weight excluding hydrogens is 260 g/mol. The lowest BCUT2D eigenvalue weighted by atomic mass is 10.1. The van der Waals surface area contributed by atoms with E-state index in [1.807, 2.05) is 0 Å².